The smallest absolute Gasteiger partial charge is 0.256 e. The van der Waals surface area contributed by atoms with Gasteiger partial charge in [-0.3, -0.25) is 9.59 Å². The van der Waals surface area contributed by atoms with E-state index in [9.17, 15) is 9.59 Å². The maximum Gasteiger partial charge on any atom is 0.256 e. The number of carbonyl (C=O) groups excluding carboxylic acids is 2. The summed E-state index contributed by atoms with van der Waals surface area (Å²) in [5, 5.41) is 11.7. The summed E-state index contributed by atoms with van der Waals surface area (Å²) in [5.41, 5.74) is 1.74. The van der Waals surface area contributed by atoms with Crippen molar-refractivity contribution in [2.45, 2.75) is 6.54 Å². The predicted molar refractivity (Wildman–Crippen MR) is 93.2 cm³/mol. The molecule has 0 unspecified atom stereocenters. The van der Waals surface area contributed by atoms with Crippen molar-refractivity contribution in [2.75, 3.05) is 26.2 Å². The highest BCUT2D eigenvalue weighted by Crippen LogP contribution is 2.22. The number of piperazine rings is 1. The molecule has 134 valence electrons. The van der Waals surface area contributed by atoms with Gasteiger partial charge in [0.25, 0.3) is 5.91 Å². The first kappa shape index (κ1) is 16.2. The molecule has 3 heterocycles. The summed E-state index contributed by atoms with van der Waals surface area (Å²) in [6.45, 7) is 2.17. The molecule has 0 bridgehead atoms. The van der Waals surface area contributed by atoms with Crippen molar-refractivity contribution in [1.29, 1.82) is 0 Å². The van der Waals surface area contributed by atoms with Gasteiger partial charge in [0.05, 0.1) is 5.56 Å². The van der Waals surface area contributed by atoms with Gasteiger partial charge in [-0.15, -0.1) is 5.10 Å². The van der Waals surface area contributed by atoms with E-state index in [0.29, 0.717) is 31.7 Å². The van der Waals surface area contributed by atoms with Crippen LogP contribution >= 0.6 is 0 Å². The molecule has 1 aliphatic rings. The Balaban J connectivity index is 1.42. The van der Waals surface area contributed by atoms with Crippen LogP contribution in [0.1, 0.15) is 10.4 Å². The van der Waals surface area contributed by atoms with Gasteiger partial charge in [-0.2, -0.15) is 0 Å². The number of rotatable bonds is 3. The van der Waals surface area contributed by atoms with Crippen LogP contribution in [-0.4, -0.2) is 72.6 Å². The van der Waals surface area contributed by atoms with E-state index in [1.54, 1.807) is 4.90 Å². The van der Waals surface area contributed by atoms with Crippen LogP contribution in [0.25, 0.3) is 10.9 Å². The second-order valence-electron chi connectivity index (χ2n) is 6.35. The second kappa shape index (κ2) is 6.58. The van der Waals surface area contributed by atoms with Crippen LogP contribution < -0.4 is 0 Å². The first-order chi connectivity index (χ1) is 12.6. The summed E-state index contributed by atoms with van der Waals surface area (Å²) in [7, 11) is 1.94. The molecule has 2 aromatic heterocycles. The fourth-order valence-electron chi connectivity index (χ4n) is 3.33. The van der Waals surface area contributed by atoms with Gasteiger partial charge >= 0.3 is 0 Å². The zero-order valence-electron chi connectivity index (χ0n) is 14.4. The number of aromatic nitrogens is 5. The highest BCUT2D eigenvalue weighted by atomic mass is 16.2. The van der Waals surface area contributed by atoms with Gasteiger partial charge in [-0.25, -0.2) is 4.68 Å². The minimum atomic E-state index is -0.0467. The van der Waals surface area contributed by atoms with E-state index in [-0.39, 0.29) is 18.4 Å². The lowest BCUT2D eigenvalue weighted by Gasteiger charge is -2.34. The van der Waals surface area contributed by atoms with Gasteiger partial charge in [0.1, 0.15) is 12.9 Å². The third kappa shape index (κ3) is 2.92. The third-order valence-corrected chi connectivity index (χ3v) is 4.74. The Labute approximate surface area is 149 Å². The van der Waals surface area contributed by atoms with Crippen molar-refractivity contribution in [3.63, 3.8) is 0 Å². The van der Waals surface area contributed by atoms with Crippen LogP contribution in [0.15, 0.2) is 36.8 Å². The largest absolute Gasteiger partial charge is 0.350 e. The monoisotopic (exact) mass is 353 g/mol. The first-order valence-corrected chi connectivity index (χ1v) is 8.45. The molecule has 1 saturated heterocycles. The molecular formula is C17H19N7O2. The number of benzene rings is 1. The number of nitrogens with zero attached hydrogens (tertiary/aromatic N) is 7. The summed E-state index contributed by atoms with van der Waals surface area (Å²) < 4.78 is 3.37. The van der Waals surface area contributed by atoms with Gasteiger partial charge in [0.2, 0.25) is 5.91 Å². The Morgan fingerprint density at radius 3 is 2.54 bits per heavy atom. The highest BCUT2D eigenvalue weighted by Gasteiger charge is 2.26. The van der Waals surface area contributed by atoms with E-state index >= 15 is 0 Å². The Morgan fingerprint density at radius 1 is 1.08 bits per heavy atom. The lowest BCUT2D eigenvalue weighted by Crippen LogP contribution is -2.51. The second-order valence-corrected chi connectivity index (χ2v) is 6.35. The minimum absolute atomic E-state index is 0.00868. The molecular weight excluding hydrogens is 334 g/mol. The molecule has 9 nitrogen and oxygen atoms in total. The van der Waals surface area contributed by atoms with E-state index in [1.165, 1.54) is 11.0 Å². The lowest BCUT2D eigenvalue weighted by molar-refractivity contribution is -0.133. The van der Waals surface area contributed by atoms with Crippen LogP contribution in [0.2, 0.25) is 0 Å². The number of hydrogen-bond acceptors (Lipinski definition) is 5. The van der Waals surface area contributed by atoms with Crippen LogP contribution in [0.3, 0.4) is 0 Å². The van der Waals surface area contributed by atoms with Crippen molar-refractivity contribution < 1.29 is 9.59 Å². The van der Waals surface area contributed by atoms with Crippen LogP contribution in [-0.2, 0) is 18.4 Å². The minimum Gasteiger partial charge on any atom is -0.350 e. The van der Waals surface area contributed by atoms with Crippen LogP contribution in [0, 0.1) is 0 Å². The topological polar surface area (TPSA) is 89.2 Å². The fraction of sp³-hybridized carbons (Fsp3) is 0.353. The Hall–Kier alpha value is -3.23. The number of fused-ring (bicyclic) bond motifs is 1. The molecule has 1 aliphatic heterocycles. The zero-order valence-corrected chi connectivity index (χ0v) is 14.4. The lowest BCUT2D eigenvalue weighted by atomic mass is 10.1. The molecule has 0 aliphatic carbocycles. The molecule has 0 N–H and O–H groups in total. The quantitative estimate of drug-likeness (QED) is 0.669. The summed E-state index contributed by atoms with van der Waals surface area (Å²) in [6.07, 6.45) is 3.29. The number of carbonyl (C=O) groups is 2. The molecule has 0 atom stereocenters. The number of aryl methyl sites for hydroxylation is 1. The van der Waals surface area contributed by atoms with Crippen LogP contribution in [0.4, 0.5) is 0 Å². The van der Waals surface area contributed by atoms with Gasteiger partial charge in [0, 0.05) is 50.3 Å². The molecule has 9 heteroatoms. The molecule has 26 heavy (non-hydrogen) atoms. The maximum atomic E-state index is 12.9. The average Bonchev–Trinajstić information content (AvgIpc) is 3.30. The van der Waals surface area contributed by atoms with Crippen molar-refractivity contribution in [3.05, 3.63) is 42.4 Å². The van der Waals surface area contributed by atoms with Gasteiger partial charge in [0.15, 0.2) is 0 Å². The zero-order chi connectivity index (χ0) is 18.1. The molecule has 4 rings (SSSR count). The SMILES string of the molecule is Cn1cc(C(=O)N2CCN(C(=O)Cn3cnnn3)CC2)c2ccccc21. The van der Waals surface area contributed by atoms with Crippen molar-refractivity contribution in [2.24, 2.45) is 7.05 Å². The molecule has 0 saturated carbocycles. The molecule has 0 radical (unpaired) electrons. The highest BCUT2D eigenvalue weighted by molar-refractivity contribution is 6.07. The number of hydrogen-bond donors (Lipinski definition) is 0. The molecule has 2 amide bonds. The fourth-order valence-corrected chi connectivity index (χ4v) is 3.33. The summed E-state index contributed by atoms with van der Waals surface area (Å²) in [6, 6.07) is 7.87. The third-order valence-electron chi connectivity index (χ3n) is 4.74. The van der Waals surface area contributed by atoms with Gasteiger partial charge < -0.3 is 14.4 Å². The van der Waals surface area contributed by atoms with E-state index in [4.69, 9.17) is 0 Å². The van der Waals surface area contributed by atoms with Gasteiger partial charge in [-0.05, 0) is 16.5 Å². The molecule has 3 aromatic rings. The van der Waals surface area contributed by atoms with Crippen molar-refractivity contribution in [1.82, 2.24) is 34.6 Å². The van der Waals surface area contributed by atoms with Gasteiger partial charge in [-0.1, -0.05) is 18.2 Å². The number of para-hydroxylation sites is 1. The average molecular weight is 353 g/mol. The number of tetrazole rings is 1. The van der Waals surface area contributed by atoms with E-state index in [2.05, 4.69) is 15.5 Å². The Kier molecular flexibility index (Phi) is 4.11. The Bertz CT molecular complexity index is 939. The predicted octanol–water partition coefficient (Wildman–Crippen LogP) is 0.149. The molecule has 1 aromatic carbocycles. The first-order valence-electron chi connectivity index (χ1n) is 8.45. The van der Waals surface area contributed by atoms with E-state index in [0.717, 1.165) is 10.9 Å². The Morgan fingerprint density at radius 2 is 1.81 bits per heavy atom. The van der Waals surface area contributed by atoms with Crippen molar-refractivity contribution >= 4 is 22.7 Å². The van der Waals surface area contributed by atoms with E-state index < -0.39 is 0 Å². The maximum absolute atomic E-state index is 12.9. The summed E-state index contributed by atoms with van der Waals surface area (Å²) in [4.78, 5) is 28.8. The summed E-state index contributed by atoms with van der Waals surface area (Å²) >= 11 is 0. The van der Waals surface area contributed by atoms with Crippen LogP contribution in [0.5, 0.6) is 0 Å². The standard InChI is InChI=1S/C17H19N7O2/c1-21-10-14(13-4-2-3-5-15(13)21)17(26)23-8-6-22(7-9-23)16(25)11-24-12-18-19-20-24/h2-5,10,12H,6-9,11H2,1H3. The number of amides is 2. The van der Waals surface area contributed by atoms with E-state index in [1.807, 2.05) is 47.0 Å². The summed E-state index contributed by atoms with van der Waals surface area (Å²) in [5.74, 6) is -0.0380. The van der Waals surface area contributed by atoms with Crippen molar-refractivity contribution in [3.8, 4) is 0 Å². The molecule has 0 spiro atoms. The normalized spacial score (nSPS) is 14.8. The molecule has 1 fully saturated rings.